The summed E-state index contributed by atoms with van der Waals surface area (Å²) in [6.07, 6.45) is 12.9. The molecule has 150 valence electrons. The number of fused-ring (bicyclic) bond motifs is 2. The van der Waals surface area contributed by atoms with Crippen LogP contribution in [0.3, 0.4) is 0 Å². The molecule has 3 aromatic rings. The topological polar surface area (TPSA) is 86.0 Å². The van der Waals surface area contributed by atoms with Crippen LogP contribution >= 0.6 is 0 Å². The molecule has 1 unspecified atom stereocenters. The van der Waals surface area contributed by atoms with Gasteiger partial charge in [0.25, 0.3) is 0 Å². The molecule has 2 bridgehead atoms. The van der Waals surface area contributed by atoms with E-state index in [0.29, 0.717) is 28.1 Å². The first-order valence-electron chi connectivity index (χ1n) is 10.1. The summed E-state index contributed by atoms with van der Waals surface area (Å²) in [5, 5.41) is 18.8. The summed E-state index contributed by atoms with van der Waals surface area (Å²) in [5.74, 6) is 0.116. The first-order valence-corrected chi connectivity index (χ1v) is 10.1. The zero-order valence-corrected chi connectivity index (χ0v) is 16.7. The minimum atomic E-state index is 0.116. The molecule has 2 saturated carbocycles. The van der Waals surface area contributed by atoms with Gasteiger partial charge in [0.15, 0.2) is 0 Å². The summed E-state index contributed by atoms with van der Waals surface area (Å²) in [5.41, 5.74) is 2.64. The van der Waals surface area contributed by atoms with Crippen LogP contribution in [-0.2, 0) is 0 Å². The van der Waals surface area contributed by atoms with Crippen molar-refractivity contribution in [2.45, 2.75) is 52.1 Å². The molecule has 2 fully saturated rings. The molecule has 3 atom stereocenters. The number of hydrogen-bond donors (Lipinski definition) is 1. The number of aromatic hydroxyl groups is 1. The molecule has 2 aliphatic rings. The van der Waals surface area contributed by atoms with Gasteiger partial charge in [-0.25, -0.2) is 9.97 Å². The van der Waals surface area contributed by atoms with Crippen molar-refractivity contribution >= 4 is 0 Å². The Balaban J connectivity index is 1.32. The average Bonchev–Trinajstić information content (AvgIpc) is 3.28. The van der Waals surface area contributed by atoms with Crippen molar-refractivity contribution in [3.8, 4) is 28.7 Å². The highest BCUT2D eigenvalue weighted by molar-refractivity contribution is 5.67. The third-order valence-electron chi connectivity index (χ3n) is 6.50. The molecule has 29 heavy (non-hydrogen) atoms. The van der Waals surface area contributed by atoms with Crippen molar-refractivity contribution < 1.29 is 9.84 Å². The first-order chi connectivity index (χ1) is 13.9. The van der Waals surface area contributed by atoms with Crippen LogP contribution < -0.4 is 4.74 Å². The van der Waals surface area contributed by atoms with Crippen LogP contribution in [0.15, 0.2) is 43.1 Å². The third kappa shape index (κ3) is 3.45. The fourth-order valence-electron chi connectivity index (χ4n) is 5.31. The van der Waals surface area contributed by atoms with Crippen LogP contribution in [0, 0.1) is 10.8 Å². The lowest BCUT2D eigenvalue weighted by molar-refractivity contribution is 0.0370. The molecular weight excluding hydrogens is 366 g/mol. The normalized spacial score (nSPS) is 28.4. The van der Waals surface area contributed by atoms with Gasteiger partial charge >= 0.3 is 6.01 Å². The van der Waals surface area contributed by atoms with Crippen LogP contribution in [0.25, 0.3) is 16.9 Å². The maximum Gasteiger partial charge on any atom is 0.335 e. The van der Waals surface area contributed by atoms with Crippen molar-refractivity contribution in [2.75, 3.05) is 0 Å². The van der Waals surface area contributed by atoms with Gasteiger partial charge in [-0.2, -0.15) is 0 Å². The van der Waals surface area contributed by atoms with E-state index in [9.17, 15) is 5.11 Å². The second kappa shape index (κ2) is 6.54. The van der Waals surface area contributed by atoms with Gasteiger partial charge in [-0.3, -0.25) is 0 Å². The van der Waals surface area contributed by atoms with Crippen molar-refractivity contribution in [3.63, 3.8) is 0 Å². The Labute approximate surface area is 169 Å². The number of hydrogen-bond acceptors (Lipinski definition) is 6. The van der Waals surface area contributed by atoms with E-state index < -0.39 is 0 Å². The number of benzene rings is 1. The zero-order valence-electron chi connectivity index (χ0n) is 16.7. The summed E-state index contributed by atoms with van der Waals surface area (Å²) in [6, 6.07) is 5.67. The highest BCUT2D eigenvalue weighted by Crippen LogP contribution is 2.58. The van der Waals surface area contributed by atoms with E-state index in [0.717, 1.165) is 18.5 Å². The molecule has 2 aliphatic carbocycles. The Morgan fingerprint density at radius 2 is 1.93 bits per heavy atom. The fraction of sp³-hybridized carbons (Fsp3) is 0.455. The number of imidazole rings is 1. The molecule has 1 N–H and O–H groups in total. The van der Waals surface area contributed by atoms with Crippen LogP contribution in [0.1, 0.15) is 46.0 Å². The van der Waals surface area contributed by atoms with Gasteiger partial charge in [0.1, 0.15) is 17.5 Å². The smallest absolute Gasteiger partial charge is 0.335 e. The van der Waals surface area contributed by atoms with E-state index in [1.807, 2.05) is 16.8 Å². The van der Waals surface area contributed by atoms with Crippen LogP contribution in [0.5, 0.6) is 11.8 Å². The van der Waals surface area contributed by atoms with Gasteiger partial charge < -0.3 is 14.4 Å². The highest BCUT2D eigenvalue weighted by atomic mass is 16.5. The molecule has 0 spiro atoms. The van der Waals surface area contributed by atoms with E-state index >= 15 is 0 Å². The summed E-state index contributed by atoms with van der Waals surface area (Å²) < 4.78 is 7.92. The molecular formula is C22H25N5O2. The molecule has 5 rings (SSSR count). The largest absolute Gasteiger partial charge is 0.507 e. The van der Waals surface area contributed by atoms with Crippen LogP contribution in [-0.4, -0.2) is 35.9 Å². The number of nitrogens with zero attached hydrogens (tertiary/aromatic N) is 5. The lowest BCUT2D eigenvalue weighted by atomic mass is 9.69. The molecule has 7 nitrogen and oxygen atoms in total. The predicted octanol–water partition coefficient (Wildman–Crippen LogP) is 4.17. The number of phenolic OH excluding ortho intramolecular Hbond substituents is 1. The SMILES string of the molecule is C[C@]12CC[C@](C)(CC(Oc3ncc(-c4ccc(-n5ccnc5)cc4O)nn3)C1)C2. The van der Waals surface area contributed by atoms with Gasteiger partial charge in [0.2, 0.25) is 0 Å². The van der Waals surface area contributed by atoms with Crippen molar-refractivity contribution in [3.05, 3.63) is 43.1 Å². The molecule has 2 aromatic heterocycles. The standard InChI is InChI=1S/C22H25N5O2/c1-21-5-6-22(2,13-21)11-16(10-21)29-20-24-12-18(25-26-20)17-4-3-15(9-19(17)28)27-8-7-23-14-27/h3-4,7-9,12,14,16,28H,5-6,10-11,13H2,1-2H3/t16?,21-,22+. The van der Waals surface area contributed by atoms with E-state index in [4.69, 9.17) is 4.74 Å². The summed E-state index contributed by atoms with van der Waals surface area (Å²) in [4.78, 5) is 8.38. The van der Waals surface area contributed by atoms with E-state index in [1.54, 1.807) is 30.9 Å². The molecule has 0 amide bonds. The number of aromatic nitrogens is 5. The minimum Gasteiger partial charge on any atom is -0.507 e. The second-order valence-corrected chi connectivity index (χ2v) is 9.24. The molecule has 7 heteroatoms. The Bertz CT molecular complexity index is 1000. The van der Waals surface area contributed by atoms with Crippen LogP contribution in [0.4, 0.5) is 0 Å². The van der Waals surface area contributed by atoms with Gasteiger partial charge in [-0.15, -0.1) is 5.10 Å². The van der Waals surface area contributed by atoms with E-state index in [2.05, 4.69) is 34.0 Å². The van der Waals surface area contributed by atoms with Gasteiger partial charge in [-0.05, 0) is 55.1 Å². The fourth-order valence-corrected chi connectivity index (χ4v) is 5.31. The molecule has 0 radical (unpaired) electrons. The number of rotatable bonds is 4. The van der Waals surface area contributed by atoms with Gasteiger partial charge in [0, 0.05) is 24.0 Å². The zero-order chi connectivity index (χ0) is 20.1. The quantitative estimate of drug-likeness (QED) is 0.718. The Morgan fingerprint density at radius 3 is 2.55 bits per heavy atom. The van der Waals surface area contributed by atoms with Crippen molar-refractivity contribution in [1.29, 1.82) is 0 Å². The third-order valence-corrected chi connectivity index (χ3v) is 6.50. The Hall–Kier alpha value is -2.96. The predicted molar refractivity (Wildman–Crippen MR) is 108 cm³/mol. The summed E-state index contributed by atoms with van der Waals surface area (Å²) in [7, 11) is 0. The average molecular weight is 391 g/mol. The highest BCUT2D eigenvalue weighted by Gasteiger charge is 2.49. The maximum atomic E-state index is 10.4. The minimum absolute atomic E-state index is 0.116. The lowest BCUT2D eigenvalue weighted by Gasteiger charge is -2.39. The monoisotopic (exact) mass is 391 g/mol. The van der Waals surface area contributed by atoms with Crippen molar-refractivity contribution in [2.24, 2.45) is 10.8 Å². The summed E-state index contributed by atoms with van der Waals surface area (Å²) >= 11 is 0. The molecule has 0 saturated heterocycles. The summed E-state index contributed by atoms with van der Waals surface area (Å²) in [6.45, 7) is 4.73. The van der Waals surface area contributed by atoms with E-state index in [-0.39, 0.29) is 11.9 Å². The number of ether oxygens (including phenoxy) is 1. The van der Waals surface area contributed by atoms with Gasteiger partial charge in [-0.1, -0.05) is 18.9 Å². The van der Waals surface area contributed by atoms with Crippen molar-refractivity contribution in [1.82, 2.24) is 24.7 Å². The first kappa shape index (κ1) is 18.1. The Morgan fingerprint density at radius 1 is 1.14 bits per heavy atom. The number of phenols is 1. The van der Waals surface area contributed by atoms with Gasteiger partial charge in [0.05, 0.1) is 18.2 Å². The maximum absolute atomic E-state index is 10.4. The molecule has 0 aliphatic heterocycles. The molecule has 1 aromatic carbocycles. The van der Waals surface area contributed by atoms with Crippen LogP contribution in [0.2, 0.25) is 0 Å². The molecule has 2 heterocycles. The second-order valence-electron chi connectivity index (χ2n) is 9.24. The Kier molecular flexibility index (Phi) is 4.08. The van der Waals surface area contributed by atoms with E-state index in [1.165, 1.54) is 19.3 Å². The lowest BCUT2D eigenvalue weighted by Crippen LogP contribution is -2.36.